The van der Waals surface area contributed by atoms with E-state index in [9.17, 15) is 0 Å². The molecule has 0 fully saturated rings. The van der Waals surface area contributed by atoms with Crippen LogP contribution in [0, 0.1) is 10.5 Å². The highest BCUT2D eigenvalue weighted by Gasteiger charge is 2.02. The van der Waals surface area contributed by atoms with Crippen LogP contribution in [0.15, 0.2) is 36.4 Å². The first-order valence-electron chi connectivity index (χ1n) is 5.14. The summed E-state index contributed by atoms with van der Waals surface area (Å²) in [5.74, 6) is 0. The molecule has 0 saturated carbocycles. The summed E-state index contributed by atoms with van der Waals surface area (Å²) in [6.45, 7) is 2.09. The van der Waals surface area contributed by atoms with Gasteiger partial charge in [0.1, 0.15) is 0 Å². The van der Waals surface area contributed by atoms with Crippen molar-refractivity contribution in [1.29, 1.82) is 0 Å². The quantitative estimate of drug-likeness (QED) is 0.609. The highest BCUT2D eigenvalue weighted by Crippen LogP contribution is 2.28. The summed E-state index contributed by atoms with van der Waals surface area (Å²) >= 11 is 8.42. The summed E-state index contributed by atoms with van der Waals surface area (Å²) in [5, 5.41) is 3.90. The Kier molecular flexibility index (Phi) is 3.79. The number of halogens is 2. The number of hydrogen-bond donors (Lipinski definition) is 2. The molecule has 0 radical (unpaired) electrons. The third kappa shape index (κ3) is 3.04. The topological polar surface area (TPSA) is 38.0 Å². The van der Waals surface area contributed by atoms with Crippen molar-refractivity contribution < 1.29 is 0 Å². The Morgan fingerprint density at radius 1 is 1.18 bits per heavy atom. The van der Waals surface area contributed by atoms with Crippen molar-refractivity contribution in [3.05, 3.63) is 50.6 Å². The number of benzene rings is 2. The minimum Gasteiger partial charge on any atom is -0.399 e. The van der Waals surface area contributed by atoms with Crippen LogP contribution >= 0.6 is 34.2 Å². The number of nitrogens with two attached hydrogens (primary N) is 1. The van der Waals surface area contributed by atoms with Crippen molar-refractivity contribution >= 4 is 51.3 Å². The third-order valence-electron chi connectivity index (χ3n) is 2.44. The first-order valence-corrected chi connectivity index (χ1v) is 6.60. The van der Waals surface area contributed by atoms with Crippen molar-refractivity contribution in [3.8, 4) is 0 Å². The number of rotatable bonds is 2. The van der Waals surface area contributed by atoms with Crippen molar-refractivity contribution in [2.45, 2.75) is 6.92 Å². The van der Waals surface area contributed by atoms with Gasteiger partial charge in [-0.1, -0.05) is 17.7 Å². The second kappa shape index (κ2) is 5.14. The Balaban J connectivity index is 2.28. The van der Waals surface area contributed by atoms with Crippen LogP contribution in [-0.2, 0) is 0 Å². The fourth-order valence-electron chi connectivity index (χ4n) is 1.46. The highest BCUT2D eigenvalue weighted by molar-refractivity contribution is 14.1. The molecule has 0 atom stereocenters. The molecule has 2 aromatic carbocycles. The second-order valence-electron chi connectivity index (χ2n) is 3.83. The zero-order valence-electron chi connectivity index (χ0n) is 9.30. The molecule has 88 valence electrons. The van der Waals surface area contributed by atoms with Crippen LogP contribution in [0.4, 0.5) is 17.1 Å². The zero-order chi connectivity index (χ0) is 12.4. The van der Waals surface area contributed by atoms with Crippen molar-refractivity contribution in [2.75, 3.05) is 11.1 Å². The standard InChI is InChI=1S/C13H12ClIN2/c1-8-2-4-10(7-12(8)15)17-13-5-3-9(16)6-11(13)14/h2-7,17H,16H2,1H3. The largest absolute Gasteiger partial charge is 0.399 e. The predicted octanol–water partition coefficient (Wildman–Crippen LogP) is 4.58. The van der Waals surface area contributed by atoms with Gasteiger partial charge in [0, 0.05) is 14.9 Å². The Hall–Kier alpha value is -0.940. The fourth-order valence-corrected chi connectivity index (χ4v) is 2.21. The molecule has 17 heavy (non-hydrogen) atoms. The molecule has 0 aliphatic heterocycles. The summed E-state index contributed by atoms with van der Waals surface area (Å²) in [7, 11) is 0. The van der Waals surface area contributed by atoms with Crippen LogP contribution in [0.5, 0.6) is 0 Å². The molecule has 0 bridgehead atoms. The van der Waals surface area contributed by atoms with Gasteiger partial charge in [-0.3, -0.25) is 0 Å². The fraction of sp³-hybridized carbons (Fsp3) is 0.0769. The van der Waals surface area contributed by atoms with Gasteiger partial charge in [-0.2, -0.15) is 0 Å². The number of aryl methyl sites for hydroxylation is 1. The smallest absolute Gasteiger partial charge is 0.0661 e. The van der Waals surface area contributed by atoms with Gasteiger partial charge in [-0.05, 0) is 65.4 Å². The molecule has 0 saturated heterocycles. The van der Waals surface area contributed by atoms with E-state index in [0.717, 1.165) is 11.4 Å². The minimum absolute atomic E-state index is 0.626. The lowest BCUT2D eigenvalue weighted by atomic mass is 10.2. The van der Waals surface area contributed by atoms with E-state index >= 15 is 0 Å². The molecule has 0 aromatic heterocycles. The molecular formula is C13H12ClIN2. The molecule has 0 aliphatic carbocycles. The predicted molar refractivity (Wildman–Crippen MR) is 83.0 cm³/mol. The molecule has 0 amide bonds. The van der Waals surface area contributed by atoms with Gasteiger partial charge < -0.3 is 11.1 Å². The normalized spacial score (nSPS) is 10.3. The molecule has 0 spiro atoms. The number of nitrogens with one attached hydrogen (secondary N) is 1. The van der Waals surface area contributed by atoms with Gasteiger partial charge >= 0.3 is 0 Å². The van der Waals surface area contributed by atoms with Crippen LogP contribution in [-0.4, -0.2) is 0 Å². The lowest BCUT2D eigenvalue weighted by molar-refractivity contribution is 1.41. The van der Waals surface area contributed by atoms with E-state index in [2.05, 4.69) is 47.0 Å². The van der Waals surface area contributed by atoms with Crippen LogP contribution in [0.3, 0.4) is 0 Å². The average Bonchev–Trinajstić information content (AvgIpc) is 2.27. The van der Waals surface area contributed by atoms with Crippen LogP contribution in [0.2, 0.25) is 5.02 Å². The first kappa shape index (κ1) is 12.5. The number of anilines is 3. The molecule has 0 aliphatic rings. The molecule has 3 N–H and O–H groups in total. The van der Waals surface area contributed by atoms with Gasteiger partial charge in [0.2, 0.25) is 0 Å². The lowest BCUT2D eigenvalue weighted by Gasteiger charge is -2.10. The SMILES string of the molecule is Cc1ccc(Nc2ccc(N)cc2Cl)cc1I. The Labute approximate surface area is 119 Å². The first-order chi connectivity index (χ1) is 8.06. The molecular weight excluding hydrogens is 347 g/mol. The maximum absolute atomic E-state index is 6.11. The van der Waals surface area contributed by atoms with Gasteiger partial charge in [0.15, 0.2) is 0 Å². The summed E-state index contributed by atoms with van der Waals surface area (Å²) in [6, 6.07) is 11.6. The van der Waals surface area contributed by atoms with Gasteiger partial charge in [0.25, 0.3) is 0 Å². The Bertz CT molecular complexity index is 555. The highest BCUT2D eigenvalue weighted by atomic mass is 127. The number of hydrogen-bond acceptors (Lipinski definition) is 2. The van der Waals surface area contributed by atoms with Gasteiger partial charge in [-0.15, -0.1) is 0 Å². The van der Waals surface area contributed by atoms with Crippen LogP contribution < -0.4 is 11.1 Å². The van der Waals surface area contributed by atoms with Gasteiger partial charge in [0.05, 0.1) is 10.7 Å². The van der Waals surface area contributed by atoms with Gasteiger partial charge in [-0.25, -0.2) is 0 Å². The maximum Gasteiger partial charge on any atom is 0.0661 e. The maximum atomic E-state index is 6.11. The monoisotopic (exact) mass is 358 g/mol. The lowest BCUT2D eigenvalue weighted by Crippen LogP contribution is -1.94. The molecule has 2 rings (SSSR count). The second-order valence-corrected chi connectivity index (χ2v) is 5.40. The number of nitrogen functional groups attached to an aromatic ring is 1. The van der Waals surface area contributed by atoms with Crippen LogP contribution in [0.1, 0.15) is 5.56 Å². The van der Waals surface area contributed by atoms with E-state index in [1.807, 2.05) is 18.2 Å². The van der Waals surface area contributed by atoms with Crippen molar-refractivity contribution in [3.63, 3.8) is 0 Å². The molecule has 0 heterocycles. The minimum atomic E-state index is 0.626. The molecule has 0 unspecified atom stereocenters. The van der Waals surface area contributed by atoms with E-state index in [4.69, 9.17) is 17.3 Å². The third-order valence-corrected chi connectivity index (χ3v) is 3.92. The van der Waals surface area contributed by atoms with Crippen molar-refractivity contribution in [2.24, 2.45) is 0 Å². The van der Waals surface area contributed by atoms with E-state index in [0.29, 0.717) is 10.7 Å². The zero-order valence-corrected chi connectivity index (χ0v) is 12.2. The van der Waals surface area contributed by atoms with Crippen molar-refractivity contribution in [1.82, 2.24) is 0 Å². The Morgan fingerprint density at radius 3 is 2.59 bits per heavy atom. The van der Waals surface area contributed by atoms with Crippen LogP contribution in [0.25, 0.3) is 0 Å². The molecule has 2 nitrogen and oxygen atoms in total. The van der Waals surface area contributed by atoms with E-state index in [1.165, 1.54) is 9.13 Å². The van der Waals surface area contributed by atoms with E-state index in [1.54, 1.807) is 6.07 Å². The summed E-state index contributed by atoms with van der Waals surface area (Å²) in [5.41, 5.74) is 9.46. The summed E-state index contributed by atoms with van der Waals surface area (Å²) in [6.07, 6.45) is 0. The average molecular weight is 359 g/mol. The summed E-state index contributed by atoms with van der Waals surface area (Å²) < 4.78 is 1.22. The van der Waals surface area contributed by atoms with E-state index in [-0.39, 0.29) is 0 Å². The Morgan fingerprint density at radius 2 is 1.94 bits per heavy atom. The van der Waals surface area contributed by atoms with E-state index < -0.39 is 0 Å². The molecule has 4 heteroatoms. The summed E-state index contributed by atoms with van der Waals surface area (Å²) in [4.78, 5) is 0. The molecule has 2 aromatic rings.